The molecule has 1 aromatic heterocycles. The number of ether oxygens (including phenoxy) is 1. The number of nitrogens with zero attached hydrogens (tertiary/aromatic N) is 4. The first kappa shape index (κ1) is 20.8. The van der Waals surface area contributed by atoms with Crippen LogP contribution < -0.4 is 9.64 Å². The predicted molar refractivity (Wildman–Crippen MR) is 122 cm³/mol. The summed E-state index contributed by atoms with van der Waals surface area (Å²) in [7, 11) is 0. The molecule has 0 N–H and O–H groups in total. The number of amides is 1. The molecule has 1 aliphatic heterocycles. The lowest BCUT2D eigenvalue weighted by Crippen LogP contribution is -2.37. The van der Waals surface area contributed by atoms with Crippen LogP contribution in [0.15, 0.2) is 58.2 Å². The molecule has 0 radical (unpaired) electrons. The summed E-state index contributed by atoms with van der Waals surface area (Å²) >= 11 is 4.98. The molecule has 6 nitrogen and oxygen atoms in total. The van der Waals surface area contributed by atoms with Crippen molar-refractivity contribution < 1.29 is 9.53 Å². The highest BCUT2D eigenvalue weighted by atomic mass is 79.9. The van der Waals surface area contributed by atoms with Crippen LogP contribution in [0.1, 0.15) is 38.5 Å². The Kier molecular flexibility index (Phi) is 6.34. The van der Waals surface area contributed by atoms with Gasteiger partial charge in [-0.25, -0.2) is 0 Å². The highest BCUT2D eigenvalue weighted by Crippen LogP contribution is 2.43. The van der Waals surface area contributed by atoms with E-state index in [0.29, 0.717) is 23.2 Å². The smallest absolute Gasteiger partial charge is 0.247 e. The van der Waals surface area contributed by atoms with Crippen LogP contribution in [0.2, 0.25) is 0 Å². The Morgan fingerprint density at radius 2 is 1.90 bits per heavy atom. The SMILES string of the molecule is CCCC(=O)N1c2ccccc2-c2nnc(SCC)nc2O[C@H]1c1ccc(Br)cc1. The maximum atomic E-state index is 13.3. The van der Waals surface area contributed by atoms with Crippen molar-refractivity contribution in [2.24, 2.45) is 0 Å². The van der Waals surface area contributed by atoms with E-state index < -0.39 is 6.23 Å². The van der Waals surface area contributed by atoms with Crippen molar-refractivity contribution in [3.63, 3.8) is 0 Å². The molecular weight excluding hydrogens is 464 g/mol. The molecule has 0 spiro atoms. The van der Waals surface area contributed by atoms with E-state index in [4.69, 9.17) is 4.74 Å². The van der Waals surface area contributed by atoms with Crippen LogP contribution in [0.4, 0.5) is 5.69 Å². The second kappa shape index (κ2) is 9.14. The monoisotopic (exact) mass is 484 g/mol. The largest absolute Gasteiger partial charge is 0.447 e. The maximum absolute atomic E-state index is 13.3. The van der Waals surface area contributed by atoms with Crippen LogP contribution in [0.3, 0.4) is 0 Å². The standard InChI is InChI=1S/C22H21BrN4O2S/c1-3-7-18(28)27-17-9-6-5-8-16(17)19-20(24-22(26-25-19)30-4-2)29-21(27)14-10-12-15(23)13-11-14/h5-6,8-13,21H,3-4,7H2,1-2H3/t21-/m0/s1. The molecule has 30 heavy (non-hydrogen) atoms. The fourth-order valence-corrected chi connectivity index (χ4v) is 4.12. The number of hydrogen-bond donors (Lipinski definition) is 0. The van der Waals surface area contributed by atoms with Gasteiger partial charge in [0, 0.05) is 22.0 Å². The Labute approximate surface area is 188 Å². The third kappa shape index (κ3) is 4.06. The Balaban J connectivity index is 1.92. The molecule has 0 aliphatic carbocycles. The van der Waals surface area contributed by atoms with Crippen molar-refractivity contribution in [2.75, 3.05) is 10.7 Å². The van der Waals surface area contributed by atoms with Gasteiger partial charge in [-0.3, -0.25) is 9.69 Å². The topological polar surface area (TPSA) is 68.2 Å². The average Bonchev–Trinajstić information content (AvgIpc) is 2.89. The molecule has 8 heteroatoms. The van der Waals surface area contributed by atoms with Gasteiger partial charge in [-0.15, -0.1) is 10.2 Å². The summed E-state index contributed by atoms with van der Waals surface area (Å²) < 4.78 is 7.35. The van der Waals surface area contributed by atoms with E-state index in [-0.39, 0.29) is 5.91 Å². The number of anilines is 1. The summed E-state index contributed by atoms with van der Waals surface area (Å²) in [6.07, 6.45) is 0.500. The Morgan fingerprint density at radius 1 is 1.13 bits per heavy atom. The molecule has 0 bridgehead atoms. The van der Waals surface area contributed by atoms with E-state index >= 15 is 0 Å². The number of para-hydroxylation sites is 1. The van der Waals surface area contributed by atoms with Crippen LogP contribution >= 0.6 is 27.7 Å². The summed E-state index contributed by atoms with van der Waals surface area (Å²) in [6, 6.07) is 15.5. The molecule has 0 saturated carbocycles. The van der Waals surface area contributed by atoms with Crippen molar-refractivity contribution in [1.29, 1.82) is 0 Å². The zero-order valence-electron chi connectivity index (χ0n) is 16.7. The van der Waals surface area contributed by atoms with Crippen LogP contribution in [0.5, 0.6) is 5.88 Å². The summed E-state index contributed by atoms with van der Waals surface area (Å²) in [5.41, 5.74) is 2.92. The van der Waals surface area contributed by atoms with Crippen molar-refractivity contribution in [3.8, 4) is 17.1 Å². The molecule has 3 aromatic rings. The third-order valence-corrected chi connectivity index (χ3v) is 5.92. The summed E-state index contributed by atoms with van der Waals surface area (Å²) in [4.78, 5) is 19.6. The average molecular weight is 485 g/mol. The van der Waals surface area contributed by atoms with Gasteiger partial charge in [0.1, 0.15) is 0 Å². The molecule has 2 aromatic carbocycles. The lowest BCUT2D eigenvalue weighted by atomic mass is 10.1. The Bertz CT molecular complexity index is 1060. The summed E-state index contributed by atoms with van der Waals surface area (Å²) in [5, 5.41) is 9.22. The first-order valence-electron chi connectivity index (χ1n) is 9.83. The van der Waals surface area contributed by atoms with Crippen molar-refractivity contribution in [3.05, 3.63) is 58.6 Å². The number of thioether (sulfide) groups is 1. The van der Waals surface area contributed by atoms with Gasteiger partial charge in [-0.05, 0) is 30.4 Å². The van der Waals surface area contributed by atoms with E-state index in [1.807, 2.05) is 62.4 Å². The van der Waals surface area contributed by atoms with Gasteiger partial charge in [0.25, 0.3) is 0 Å². The second-order valence-electron chi connectivity index (χ2n) is 6.73. The summed E-state index contributed by atoms with van der Waals surface area (Å²) in [5.74, 6) is 1.20. The lowest BCUT2D eigenvalue weighted by Gasteiger charge is -2.31. The fraction of sp³-hybridized carbons (Fsp3) is 0.273. The van der Waals surface area contributed by atoms with Crippen molar-refractivity contribution in [2.45, 2.75) is 38.1 Å². The predicted octanol–water partition coefficient (Wildman–Crippen LogP) is 5.64. The van der Waals surface area contributed by atoms with Crippen molar-refractivity contribution in [1.82, 2.24) is 15.2 Å². The van der Waals surface area contributed by atoms with Gasteiger partial charge in [0.15, 0.2) is 5.69 Å². The third-order valence-electron chi connectivity index (χ3n) is 4.67. The molecule has 0 unspecified atom stereocenters. The molecule has 154 valence electrons. The maximum Gasteiger partial charge on any atom is 0.247 e. The van der Waals surface area contributed by atoms with E-state index in [1.165, 1.54) is 11.8 Å². The van der Waals surface area contributed by atoms with E-state index in [9.17, 15) is 4.79 Å². The number of aromatic nitrogens is 3. The molecular formula is C22H21BrN4O2S. The molecule has 1 atom stereocenters. The van der Waals surface area contributed by atoms with Gasteiger partial charge < -0.3 is 4.74 Å². The number of halogens is 1. The molecule has 4 rings (SSSR count). The molecule has 0 saturated heterocycles. The van der Waals surface area contributed by atoms with E-state index in [0.717, 1.165) is 33.5 Å². The Hall–Kier alpha value is -2.45. The van der Waals surface area contributed by atoms with E-state index in [1.54, 1.807) is 4.90 Å². The molecule has 2 heterocycles. The van der Waals surface area contributed by atoms with Gasteiger partial charge in [0.05, 0.1) is 5.69 Å². The van der Waals surface area contributed by atoms with Gasteiger partial charge in [-0.2, -0.15) is 4.98 Å². The minimum atomic E-state index is -0.657. The highest BCUT2D eigenvalue weighted by Gasteiger charge is 2.35. The lowest BCUT2D eigenvalue weighted by molar-refractivity contribution is -0.120. The second-order valence-corrected chi connectivity index (χ2v) is 8.88. The molecule has 0 fully saturated rings. The first-order chi connectivity index (χ1) is 14.6. The highest BCUT2D eigenvalue weighted by molar-refractivity contribution is 9.10. The van der Waals surface area contributed by atoms with Gasteiger partial charge in [0.2, 0.25) is 23.2 Å². The number of carbonyl (C=O) groups is 1. The van der Waals surface area contributed by atoms with Crippen molar-refractivity contribution >= 4 is 39.3 Å². The van der Waals surface area contributed by atoms with Gasteiger partial charge in [-0.1, -0.05) is 71.9 Å². The minimum absolute atomic E-state index is 0.0122. The van der Waals surface area contributed by atoms with Gasteiger partial charge >= 0.3 is 0 Å². The number of rotatable bonds is 5. The number of hydrogen-bond acceptors (Lipinski definition) is 6. The Morgan fingerprint density at radius 3 is 2.63 bits per heavy atom. The zero-order chi connectivity index (χ0) is 21.1. The first-order valence-corrected chi connectivity index (χ1v) is 11.6. The summed E-state index contributed by atoms with van der Waals surface area (Å²) in [6.45, 7) is 4.03. The minimum Gasteiger partial charge on any atom is -0.447 e. The molecule has 1 aliphatic rings. The van der Waals surface area contributed by atoms with Crippen LogP contribution in [0, 0.1) is 0 Å². The van der Waals surface area contributed by atoms with E-state index in [2.05, 4.69) is 31.1 Å². The number of fused-ring (bicyclic) bond motifs is 3. The fourth-order valence-electron chi connectivity index (χ4n) is 3.35. The number of carbonyl (C=O) groups excluding carboxylic acids is 1. The normalized spacial score (nSPS) is 15.0. The van der Waals surface area contributed by atoms with Crippen LogP contribution in [-0.2, 0) is 4.79 Å². The number of benzene rings is 2. The molecule has 1 amide bonds. The quantitative estimate of drug-likeness (QED) is 0.436. The zero-order valence-corrected chi connectivity index (χ0v) is 19.1. The van der Waals surface area contributed by atoms with Crippen LogP contribution in [0.25, 0.3) is 11.3 Å². The van der Waals surface area contributed by atoms with Crippen LogP contribution in [-0.4, -0.2) is 26.8 Å².